The van der Waals surface area contributed by atoms with Gasteiger partial charge in [-0.05, 0) is 39.1 Å². The number of hydrogen-bond acceptors (Lipinski definition) is 6. The summed E-state index contributed by atoms with van der Waals surface area (Å²) in [5, 5.41) is 10.2. The molecule has 0 radical (unpaired) electrons. The molecular formula is C21H25ClN4O2. The van der Waals surface area contributed by atoms with Gasteiger partial charge in [-0.2, -0.15) is 0 Å². The van der Waals surface area contributed by atoms with E-state index < -0.39 is 0 Å². The summed E-state index contributed by atoms with van der Waals surface area (Å²) in [5.41, 5.74) is 4.39. The summed E-state index contributed by atoms with van der Waals surface area (Å²) in [6.07, 6.45) is 6.90. The van der Waals surface area contributed by atoms with E-state index in [-0.39, 0.29) is 11.8 Å². The molecule has 0 aliphatic carbocycles. The van der Waals surface area contributed by atoms with Crippen LogP contribution >= 0.6 is 11.8 Å². The standard InChI is InChI=1S/C21H25ClN4O2/c1-14-11-24-19(15(2)21(14)28-4)13-25(3)12-16-9-17(27)10-20(26(16)22)18-7-5-6-8-23-18/h5-11,16,27H,12-13H2,1-4H3. The maximum atomic E-state index is 10.2. The quantitative estimate of drug-likeness (QED) is 0.743. The van der Waals surface area contributed by atoms with E-state index in [9.17, 15) is 5.11 Å². The molecule has 3 rings (SSSR count). The van der Waals surface area contributed by atoms with E-state index in [2.05, 4.69) is 14.9 Å². The van der Waals surface area contributed by atoms with Crippen LogP contribution in [0.3, 0.4) is 0 Å². The number of pyridine rings is 2. The maximum Gasteiger partial charge on any atom is 0.128 e. The van der Waals surface area contributed by atoms with Gasteiger partial charge in [0.15, 0.2) is 0 Å². The minimum absolute atomic E-state index is 0.183. The molecule has 3 heterocycles. The highest BCUT2D eigenvalue weighted by molar-refractivity contribution is 6.18. The molecular weight excluding hydrogens is 376 g/mol. The molecule has 1 N–H and O–H groups in total. The minimum Gasteiger partial charge on any atom is -0.508 e. The molecule has 0 amide bonds. The summed E-state index contributed by atoms with van der Waals surface area (Å²) in [5.74, 6) is 1.05. The number of aryl methyl sites for hydroxylation is 1. The molecule has 2 aromatic heterocycles. The van der Waals surface area contributed by atoms with Crippen molar-refractivity contribution in [3.05, 3.63) is 71.0 Å². The first kappa shape index (κ1) is 20.2. The average molecular weight is 401 g/mol. The van der Waals surface area contributed by atoms with Gasteiger partial charge in [-0.15, -0.1) is 0 Å². The van der Waals surface area contributed by atoms with Gasteiger partial charge in [-0.3, -0.25) is 19.3 Å². The number of aliphatic hydroxyl groups is 1. The Labute approximate surface area is 170 Å². The van der Waals surface area contributed by atoms with Crippen molar-refractivity contribution >= 4 is 17.5 Å². The van der Waals surface area contributed by atoms with Crippen LogP contribution in [0.2, 0.25) is 0 Å². The molecule has 1 aliphatic rings. The number of halogens is 1. The molecule has 1 unspecified atom stereocenters. The predicted octanol–water partition coefficient (Wildman–Crippen LogP) is 3.85. The zero-order chi connectivity index (χ0) is 20.3. The number of nitrogens with zero attached hydrogens (tertiary/aromatic N) is 4. The van der Waals surface area contributed by atoms with E-state index in [0.29, 0.717) is 24.5 Å². The van der Waals surface area contributed by atoms with Crippen molar-refractivity contribution < 1.29 is 9.84 Å². The van der Waals surface area contributed by atoms with Gasteiger partial charge >= 0.3 is 0 Å². The van der Waals surface area contributed by atoms with Crippen LogP contribution in [0.15, 0.2) is 48.5 Å². The molecule has 7 heteroatoms. The fourth-order valence-corrected chi connectivity index (χ4v) is 3.64. The molecule has 148 valence electrons. The highest BCUT2D eigenvalue weighted by Gasteiger charge is 2.26. The van der Waals surface area contributed by atoms with Crippen LogP contribution in [0, 0.1) is 13.8 Å². The van der Waals surface area contributed by atoms with E-state index in [0.717, 1.165) is 22.6 Å². The van der Waals surface area contributed by atoms with Crippen LogP contribution in [0.4, 0.5) is 0 Å². The van der Waals surface area contributed by atoms with Gasteiger partial charge in [0.2, 0.25) is 0 Å². The van der Waals surface area contributed by atoms with Gasteiger partial charge < -0.3 is 9.84 Å². The van der Waals surface area contributed by atoms with E-state index in [1.807, 2.05) is 45.3 Å². The molecule has 6 nitrogen and oxygen atoms in total. The van der Waals surface area contributed by atoms with E-state index in [1.54, 1.807) is 29.9 Å². The SMILES string of the molecule is COc1c(C)cnc(CN(C)CC2C=C(O)C=C(c3ccccn3)N2Cl)c1C. The number of aliphatic hydroxyl groups excluding tert-OH is 1. The lowest BCUT2D eigenvalue weighted by atomic mass is 10.1. The smallest absolute Gasteiger partial charge is 0.128 e. The number of allylic oxidation sites excluding steroid dienone is 1. The fourth-order valence-electron chi connectivity index (χ4n) is 3.38. The number of aromatic nitrogens is 2. The Morgan fingerprint density at radius 3 is 2.75 bits per heavy atom. The highest BCUT2D eigenvalue weighted by Crippen LogP contribution is 2.29. The number of rotatable bonds is 6. The largest absolute Gasteiger partial charge is 0.508 e. The van der Waals surface area contributed by atoms with Crippen molar-refractivity contribution in [2.24, 2.45) is 0 Å². The van der Waals surface area contributed by atoms with Crippen LogP contribution in [0.1, 0.15) is 22.5 Å². The van der Waals surface area contributed by atoms with Gasteiger partial charge in [0, 0.05) is 54.5 Å². The summed E-state index contributed by atoms with van der Waals surface area (Å²) < 4.78 is 7.12. The van der Waals surface area contributed by atoms with Gasteiger partial charge in [0.05, 0.1) is 30.2 Å². The van der Waals surface area contributed by atoms with Gasteiger partial charge in [-0.25, -0.2) is 0 Å². The minimum atomic E-state index is -0.207. The second-order valence-corrected chi connectivity index (χ2v) is 7.32. The Kier molecular flexibility index (Phi) is 6.21. The third kappa shape index (κ3) is 4.29. The molecule has 0 spiro atoms. The fraction of sp³-hybridized carbons (Fsp3) is 0.333. The van der Waals surface area contributed by atoms with Crippen molar-refractivity contribution in [2.45, 2.75) is 26.4 Å². The molecule has 0 bridgehead atoms. The van der Waals surface area contributed by atoms with Crippen molar-refractivity contribution in [1.29, 1.82) is 0 Å². The van der Waals surface area contributed by atoms with E-state index in [1.165, 1.54) is 0 Å². The predicted molar refractivity (Wildman–Crippen MR) is 111 cm³/mol. The first-order chi connectivity index (χ1) is 13.4. The summed E-state index contributed by atoms with van der Waals surface area (Å²) in [6, 6.07) is 5.40. The Balaban J connectivity index is 1.74. The molecule has 0 aromatic carbocycles. The second kappa shape index (κ2) is 8.63. The number of ether oxygens (including phenoxy) is 1. The van der Waals surface area contributed by atoms with Crippen LogP contribution in [0.5, 0.6) is 5.75 Å². The summed E-state index contributed by atoms with van der Waals surface area (Å²) in [7, 11) is 3.68. The molecule has 0 saturated carbocycles. The summed E-state index contributed by atoms with van der Waals surface area (Å²) in [6.45, 7) is 5.25. The zero-order valence-corrected chi connectivity index (χ0v) is 17.3. The van der Waals surface area contributed by atoms with Crippen molar-refractivity contribution in [3.8, 4) is 5.75 Å². The lowest BCUT2D eigenvalue weighted by Crippen LogP contribution is -2.38. The lowest BCUT2D eigenvalue weighted by Gasteiger charge is -2.32. The van der Waals surface area contributed by atoms with Crippen LogP contribution in [-0.4, -0.2) is 51.1 Å². The number of likely N-dealkylation sites (N-methyl/N-ethyl adjacent to an activating group) is 1. The Morgan fingerprint density at radius 2 is 2.07 bits per heavy atom. The maximum absolute atomic E-state index is 10.2. The average Bonchev–Trinajstić information content (AvgIpc) is 2.68. The summed E-state index contributed by atoms with van der Waals surface area (Å²) in [4.78, 5) is 11.0. The van der Waals surface area contributed by atoms with Crippen molar-refractivity contribution in [3.63, 3.8) is 0 Å². The first-order valence-corrected chi connectivity index (χ1v) is 9.41. The van der Waals surface area contributed by atoms with Crippen LogP contribution < -0.4 is 4.74 Å². The van der Waals surface area contributed by atoms with Gasteiger partial charge in [0.1, 0.15) is 11.5 Å². The van der Waals surface area contributed by atoms with Crippen molar-refractivity contribution in [2.75, 3.05) is 20.7 Å². The summed E-state index contributed by atoms with van der Waals surface area (Å²) >= 11 is 6.60. The zero-order valence-electron chi connectivity index (χ0n) is 16.6. The van der Waals surface area contributed by atoms with Crippen LogP contribution in [-0.2, 0) is 6.54 Å². The van der Waals surface area contributed by atoms with Gasteiger partial charge in [0.25, 0.3) is 0 Å². The Morgan fingerprint density at radius 1 is 1.29 bits per heavy atom. The second-order valence-electron chi connectivity index (χ2n) is 6.96. The third-order valence-electron chi connectivity index (χ3n) is 4.76. The Hall–Kier alpha value is -2.57. The molecule has 2 aromatic rings. The number of methoxy groups -OCH3 is 1. The third-order valence-corrected chi connectivity index (χ3v) is 5.20. The van der Waals surface area contributed by atoms with Crippen molar-refractivity contribution in [1.82, 2.24) is 19.3 Å². The van der Waals surface area contributed by atoms with Crippen LogP contribution in [0.25, 0.3) is 5.70 Å². The molecule has 1 atom stereocenters. The van der Waals surface area contributed by atoms with E-state index >= 15 is 0 Å². The molecule has 28 heavy (non-hydrogen) atoms. The first-order valence-electron chi connectivity index (χ1n) is 9.07. The molecule has 0 saturated heterocycles. The Bertz CT molecular complexity index is 899. The number of hydrogen-bond donors (Lipinski definition) is 1. The lowest BCUT2D eigenvalue weighted by molar-refractivity contribution is 0.273. The topological polar surface area (TPSA) is 61.7 Å². The molecule has 0 fully saturated rings. The highest BCUT2D eigenvalue weighted by atomic mass is 35.5. The monoisotopic (exact) mass is 400 g/mol. The van der Waals surface area contributed by atoms with E-state index in [4.69, 9.17) is 16.5 Å². The molecule has 1 aliphatic heterocycles. The van der Waals surface area contributed by atoms with Gasteiger partial charge in [-0.1, -0.05) is 6.07 Å². The normalized spacial score (nSPS) is 16.8.